The highest BCUT2D eigenvalue weighted by Gasteiger charge is 2.08. The summed E-state index contributed by atoms with van der Waals surface area (Å²) >= 11 is 0. The van der Waals surface area contributed by atoms with Crippen LogP contribution in [0.15, 0.2) is 61.1 Å². The second-order valence-electron chi connectivity index (χ2n) is 5.28. The topological polar surface area (TPSA) is 79.8 Å². The SMILES string of the molecule is O=C(NCc1ccc(F)cc1)c1ccnc(NCc2ccncc2)n1. The molecule has 1 amide bonds. The Hall–Kier alpha value is -3.35. The number of carbonyl (C=O) groups is 1. The summed E-state index contributed by atoms with van der Waals surface area (Å²) in [5.41, 5.74) is 2.10. The maximum absolute atomic E-state index is 12.9. The fraction of sp³-hybridized carbons (Fsp3) is 0.111. The molecule has 0 saturated carbocycles. The predicted octanol–water partition coefficient (Wildman–Crippen LogP) is 2.55. The van der Waals surface area contributed by atoms with Gasteiger partial charge in [-0.15, -0.1) is 0 Å². The first-order valence-electron chi connectivity index (χ1n) is 7.69. The summed E-state index contributed by atoms with van der Waals surface area (Å²) in [5, 5.41) is 5.81. The second-order valence-corrected chi connectivity index (χ2v) is 5.28. The van der Waals surface area contributed by atoms with Crippen molar-refractivity contribution in [3.8, 4) is 0 Å². The third-order valence-corrected chi connectivity index (χ3v) is 3.45. The lowest BCUT2D eigenvalue weighted by atomic mass is 10.2. The van der Waals surface area contributed by atoms with E-state index in [2.05, 4.69) is 25.6 Å². The van der Waals surface area contributed by atoms with Crippen LogP contribution in [0.5, 0.6) is 0 Å². The largest absolute Gasteiger partial charge is 0.350 e. The number of amides is 1. The Morgan fingerprint density at radius 2 is 1.64 bits per heavy atom. The van der Waals surface area contributed by atoms with Crippen molar-refractivity contribution in [3.05, 3.63) is 83.7 Å². The summed E-state index contributed by atoms with van der Waals surface area (Å²) in [6.07, 6.45) is 4.93. The van der Waals surface area contributed by atoms with Gasteiger partial charge in [0.25, 0.3) is 5.91 Å². The standard InChI is InChI=1S/C18H16FN5O/c19-15-3-1-13(2-4-15)11-22-17(25)16-7-10-21-18(24-16)23-12-14-5-8-20-9-6-14/h1-10H,11-12H2,(H,22,25)(H,21,23,24). The number of rotatable bonds is 6. The van der Waals surface area contributed by atoms with Crippen LogP contribution in [0.25, 0.3) is 0 Å². The molecule has 0 unspecified atom stereocenters. The molecular weight excluding hydrogens is 321 g/mol. The lowest BCUT2D eigenvalue weighted by Crippen LogP contribution is -2.24. The number of pyridine rings is 1. The first kappa shape index (κ1) is 16.5. The molecule has 2 heterocycles. The minimum atomic E-state index is -0.321. The summed E-state index contributed by atoms with van der Waals surface area (Å²) in [6, 6.07) is 11.3. The molecule has 0 radical (unpaired) electrons. The van der Waals surface area contributed by atoms with Crippen molar-refractivity contribution in [2.45, 2.75) is 13.1 Å². The quantitative estimate of drug-likeness (QED) is 0.723. The van der Waals surface area contributed by atoms with Gasteiger partial charge in [0.1, 0.15) is 11.5 Å². The van der Waals surface area contributed by atoms with E-state index in [4.69, 9.17) is 0 Å². The van der Waals surface area contributed by atoms with Gasteiger partial charge in [0, 0.05) is 31.7 Å². The van der Waals surface area contributed by atoms with Crippen LogP contribution in [0, 0.1) is 5.82 Å². The molecule has 0 bridgehead atoms. The smallest absolute Gasteiger partial charge is 0.270 e. The van der Waals surface area contributed by atoms with Crippen molar-refractivity contribution in [2.75, 3.05) is 5.32 Å². The van der Waals surface area contributed by atoms with Gasteiger partial charge in [-0.1, -0.05) is 12.1 Å². The predicted molar refractivity (Wildman–Crippen MR) is 91.2 cm³/mol. The second kappa shape index (κ2) is 7.96. The molecule has 0 spiro atoms. The zero-order valence-corrected chi connectivity index (χ0v) is 13.3. The maximum Gasteiger partial charge on any atom is 0.270 e. The van der Waals surface area contributed by atoms with Gasteiger partial charge in [-0.2, -0.15) is 0 Å². The third kappa shape index (κ3) is 4.81. The fourth-order valence-electron chi connectivity index (χ4n) is 2.13. The zero-order valence-electron chi connectivity index (χ0n) is 13.3. The lowest BCUT2D eigenvalue weighted by molar-refractivity contribution is 0.0946. The number of anilines is 1. The average Bonchev–Trinajstić information content (AvgIpc) is 2.67. The van der Waals surface area contributed by atoms with Crippen LogP contribution in [-0.4, -0.2) is 20.9 Å². The number of aromatic nitrogens is 3. The third-order valence-electron chi connectivity index (χ3n) is 3.45. The van der Waals surface area contributed by atoms with E-state index in [1.807, 2.05) is 12.1 Å². The Morgan fingerprint density at radius 3 is 2.40 bits per heavy atom. The van der Waals surface area contributed by atoms with Crippen LogP contribution in [0.1, 0.15) is 21.6 Å². The number of halogens is 1. The van der Waals surface area contributed by atoms with Gasteiger partial charge in [0.05, 0.1) is 0 Å². The monoisotopic (exact) mass is 337 g/mol. The number of nitrogens with one attached hydrogen (secondary N) is 2. The van der Waals surface area contributed by atoms with Crippen LogP contribution in [0.2, 0.25) is 0 Å². The molecule has 126 valence electrons. The molecule has 0 saturated heterocycles. The van der Waals surface area contributed by atoms with Crippen molar-refractivity contribution in [2.24, 2.45) is 0 Å². The molecule has 2 N–H and O–H groups in total. The Bertz CT molecular complexity index is 840. The number of carbonyl (C=O) groups excluding carboxylic acids is 1. The van der Waals surface area contributed by atoms with Crippen LogP contribution in [0.3, 0.4) is 0 Å². The van der Waals surface area contributed by atoms with Crippen LogP contribution >= 0.6 is 0 Å². The number of hydrogen-bond acceptors (Lipinski definition) is 5. The molecule has 3 rings (SSSR count). The Labute approximate surface area is 144 Å². The van der Waals surface area contributed by atoms with E-state index in [1.54, 1.807) is 24.5 Å². The van der Waals surface area contributed by atoms with E-state index in [0.717, 1.165) is 11.1 Å². The van der Waals surface area contributed by atoms with Crippen molar-refractivity contribution < 1.29 is 9.18 Å². The molecule has 3 aromatic rings. The minimum absolute atomic E-state index is 0.259. The molecule has 1 aromatic carbocycles. The van der Waals surface area contributed by atoms with Crippen LogP contribution < -0.4 is 10.6 Å². The van der Waals surface area contributed by atoms with Gasteiger partial charge >= 0.3 is 0 Å². The molecule has 7 heteroatoms. The molecule has 25 heavy (non-hydrogen) atoms. The summed E-state index contributed by atoms with van der Waals surface area (Å²) in [6.45, 7) is 0.825. The highest BCUT2D eigenvalue weighted by Crippen LogP contribution is 2.06. The van der Waals surface area contributed by atoms with Gasteiger partial charge in [-0.3, -0.25) is 9.78 Å². The first-order valence-corrected chi connectivity index (χ1v) is 7.69. The zero-order chi connectivity index (χ0) is 17.5. The fourth-order valence-corrected chi connectivity index (χ4v) is 2.13. The summed E-state index contributed by atoms with van der Waals surface area (Å²) < 4.78 is 12.9. The molecule has 0 atom stereocenters. The lowest BCUT2D eigenvalue weighted by Gasteiger charge is -2.07. The average molecular weight is 337 g/mol. The highest BCUT2D eigenvalue weighted by molar-refractivity contribution is 5.92. The Balaban J connectivity index is 1.58. The van der Waals surface area contributed by atoms with Crippen molar-refractivity contribution in [3.63, 3.8) is 0 Å². The van der Waals surface area contributed by atoms with E-state index in [0.29, 0.717) is 19.0 Å². The van der Waals surface area contributed by atoms with E-state index in [1.165, 1.54) is 24.4 Å². The van der Waals surface area contributed by atoms with Crippen LogP contribution in [-0.2, 0) is 13.1 Å². The Morgan fingerprint density at radius 1 is 0.920 bits per heavy atom. The minimum Gasteiger partial charge on any atom is -0.350 e. The Kier molecular flexibility index (Phi) is 5.26. The maximum atomic E-state index is 12.9. The van der Waals surface area contributed by atoms with Crippen molar-refractivity contribution >= 4 is 11.9 Å². The number of nitrogens with zero attached hydrogens (tertiary/aromatic N) is 3. The van der Waals surface area contributed by atoms with Crippen LogP contribution in [0.4, 0.5) is 10.3 Å². The number of benzene rings is 1. The molecule has 6 nitrogen and oxygen atoms in total. The molecule has 0 aliphatic heterocycles. The molecule has 0 aliphatic rings. The molecule has 0 aliphatic carbocycles. The summed E-state index contributed by atoms with van der Waals surface area (Å²) in [5.74, 6) is -0.263. The van der Waals surface area contributed by atoms with Gasteiger partial charge < -0.3 is 10.6 Å². The normalized spacial score (nSPS) is 10.3. The van der Waals surface area contributed by atoms with Gasteiger partial charge in [-0.25, -0.2) is 14.4 Å². The van der Waals surface area contributed by atoms with Crippen molar-refractivity contribution in [1.82, 2.24) is 20.3 Å². The summed E-state index contributed by atoms with van der Waals surface area (Å²) in [7, 11) is 0. The van der Waals surface area contributed by atoms with E-state index < -0.39 is 0 Å². The van der Waals surface area contributed by atoms with E-state index in [9.17, 15) is 9.18 Å². The van der Waals surface area contributed by atoms with Gasteiger partial charge in [0.2, 0.25) is 5.95 Å². The van der Waals surface area contributed by atoms with Gasteiger partial charge in [0.15, 0.2) is 0 Å². The summed E-state index contributed by atoms with van der Waals surface area (Å²) in [4.78, 5) is 24.5. The van der Waals surface area contributed by atoms with Gasteiger partial charge in [-0.05, 0) is 41.5 Å². The van der Waals surface area contributed by atoms with E-state index in [-0.39, 0.29) is 17.4 Å². The molecule has 0 fully saturated rings. The molecular formula is C18H16FN5O. The first-order chi connectivity index (χ1) is 12.2. The highest BCUT2D eigenvalue weighted by atomic mass is 19.1. The van der Waals surface area contributed by atoms with Crippen molar-refractivity contribution in [1.29, 1.82) is 0 Å². The van der Waals surface area contributed by atoms with E-state index >= 15 is 0 Å². The molecule has 2 aromatic heterocycles. The number of hydrogen-bond donors (Lipinski definition) is 2.